The monoisotopic (exact) mass is 408 g/mol. The number of benzene rings is 2. The van der Waals surface area contributed by atoms with E-state index in [1.807, 2.05) is 30.3 Å². The van der Waals surface area contributed by atoms with Crippen molar-refractivity contribution in [2.24, 2.45) is 0 Å². The van der Waals surface area contributed by atoms with Crippen LogP contribution < -0.4 is 15.6 Å². The Bertz CT molecular complexity index is 1160. The van der Waals surface area contributed by atoms with E-state index in [1.54, 1.807) is 6.07 Å². The van der Waals surface area contributed by atoms with E-state index < -0.39 is 21.9 Å². The van der Waals surface area contributed by atoms with E-state index in [9.17, 15) is 19.7 Å². The number of hydrogen-bond donors (Lipinski definition) is 1. The van der Waals surface area contributed by atoms with Crippen molar-refractivity contribution >= 4 is 17.3 Å². The van der Waals surface area contributed by atoms with Crippen molar-refractivity contribution in [1.82, 2.24) is 9.78 Å². The Morgan fingerprint density at radius 1 is 1.13 bits per heavy atom. The number of rotatable bonds is 6. The van der Waals surface area contributed by atoms with Gasteiger partial charge in [0.2, 0.25) is 0 Å². The molecule has 3 aromatic rings. The Hall–Kier alpha value is -4.01. The molecule has 1 heterocycles. The number of carbonyl (C=O) groups excluding carboxylic acids is 1. The first kappa shape index (κ1) is 20.7. The van der Waals surface area contributed by atoms with E-state index in [-0.39, 0.29) is 17.1 Å². The SMILES string of the molecule is COc1ccc([N+](=O)[O-])cc1NC(=O)C(C)(C)n1nc(-c2ccccc2)ccc1=O. The maximum Gasteiger partial charge on any atom is 0.271 e. The van der Waals surface area contributed by atoms with Gasteiger partial charge in [0.1, 0.15) is 11.3 Å². The summed E-state index contributed by atoms with van der Waals surface area (Å²) in [6.45, 7) is 3.07. The molecule has 1 aromatic heterocycles. The number of methoxy groups -OCH3 is 1. The van der Waals surface area contributed by atoms with Gasteiger partial charge in [-0.05, 0) is 26.0 Å². The Labute approximate surface area is 172 Å². The molecule has 0 aliphatic rings. The fourth-order valence-corrected chi connectivity index (χ4v) is 2.85. The first-order chi connectivity index (χ1) is 14.2. The number of aromatic nitrogens is 2. The summed E-state index contributed by atoms with van der Waals surface area (Å²) in [5.41, 5.74) is -0.604. The highest BCUT2D eigenvalue weighted by atomic mass is 16.6. The summed E-state index contributed by atoms with van der Waals surface area (Å²) in [6.07, 6.45) is 0. The van der Waals surface area contributed by atoms with Crippen LogP contribution in [-0.2, 0) is 10.3 Å². The molecule has 2 aromatic carbocycles. The lowest BCUT2D eigenvalue weighted by molar-refractivity contribution is -0.384. The van der Waals surface area contributed by atoms with E-state index in [0.717, 1.165) is 10.2 Å². The summed E-state index contributed by atoms with van der Waals surface area (Å²) in [7, 11) is 1.39. The molecule has 0 unspecified atom stereocenters. The number of ether oxygens (including phenoxy) is 1. The third kappa shape index (κ3) is 4.04. The number of nitrogens with zero attached hydrogens (tertiary/aromatic N) is 3. The van der Waals surface area contributed by atoms with Crippen LogP contribution in [0.5, 0.6) is 5.75 Å². The quantitative estimate of drug-likeness (QED) is 0.494. The molecule has 0 saturated carbocycles. The van der Waals surface area contributed by atoms with Gasteiger partial charge in [-0.25, -0.2) is 4.68 Å². The average molecular weight is 408 g/mol. The topological polar surface area (TPSA) is 116 Å². The van der Waals surface area contributed by atoms with Crippen LogP contribution in [0.25, 0.3) is 11.3 Å². The van der Waals surface area contributed by atoms with Crippen molar-refractivity contribution in [2.45, 2.75) is 19.4 Å². The van der Waals surface area contributed by atoms with Crippen LogP contribution in [0, 0.1) is 10.1 Å². The number of hydrogen-bond acceptors (Lipinski definition) is 6. The Morgan fingerprint density at radius 3 is 2.47 bits per heavy atom. The molecule has 3 rings (SSSR count). The van der Waals surface area contributed by atoms with Gasteiger partial charge in [-0.2, -0.15) is 5.10 Å². The number of nitro groups is 1. The molecular weight excluding hydrogens is 388 g/mol. The maximum absolute atomic E-state index is 13.0. The van der Waals surface area contributed by atoms with Crippen molar-refractivity contribution < 1.29 is 14.5 Å². The molecule has 0 atom stereocenters. The molecule has 0 bridgehead atoms. The first-order valence-corrected chi connectivity index (χ1v) is 9.04. The predicted molar refractivity (Wildman–Crippen MR) is 112 cm³/mol. The van der Waals surface area contributed by atoms with Crippen LogP contribution in [0.3, 0.4) is 0 Å². The normalized spacial score (nSPS) is 11.0. The summed E-state index contributed by atoms with van der Waals surface area (Å²) < 4.78 is 6.27. The van der Waals surface area contributed by atoms with Crippen LogP contribution >= 0.6 is 0 Å². The maximum atomic E-state index is 13.0. The lowest BCUT2D eigenvalue weighted by Gasteiger charge is -2.25. The van der Waals surface area contributed by atoms with Gasteiger partial charge < -0.3 is 10.1 Å². The van der Waals surface area contributed by atoms with Gasteiger partial charge in [-0.3, -0.25) is 19.7 Å². The summed E-state index contributed by atoms with van der Waals surface area (Å²) in [5, 5.41) is 18.1. The minimum Gasteiger partial charge on any atom is -0.495 e. The molecule has 0 saturated heterocycles. The molecule has 0 spiro atoms. The number of anilines is 1. The largest absolute Gasteiger partial charge is 0.495 e. The average Bonchev–Trinajstić information content (AvgIpc) is 2.74. The van der Waals surface area contributed by atoms with Crippen LogP contribution in [-0.4, -0.2) is 27.7 Å². The molecule has 9 nitrogen and oxygen atoms in total. The van der Waals surface area contributed by atoms with E-state index in [0.29, 0.717) is 5.69 Å². The van der Waals surface area contributed by atoms with Crippen molar-refractivity contribution in [3.63, 3.8) is 0 Å². The van der Waals surface area contributed by atoms with Gasteiger partial charge >= 0.3 is 0 Å². The van der Waals surface area contributed by atoms with E-state index >= 15 is 0 Å². The minimum absolute atomic E-state index is 0.122. The third-order valence-corrected chi connectivity index (χ3v) is 4.60. The third-order valence-electron chi connectivity index (χ3n) is 4.60. The summed E-state index contributed by atoms with van der Waals surface area (Å²) in [5.74, 6) is -0.329. The fourth-order valence-electron chi connectivity index (χ4n) is 2.85. The molecule has 0 aliphatic heterocycles. The van der Waals surface area contributed by atoms with E-state index in [2.05, 4.69) is 10.4 Å². The zero-order valence-corrected chi connectivity index (χ0v) is 16.7. The second-order valence-electron chi connectivity index (χ2n) is 6.99. The smallest absolute Gasteiger partial charge is 0.271 e. The molecular formula is C21H20N4O5. The predicted octanol–water partition coefficient (Wildman–Crippen LogP) is 3.20. The minimum atomic E-state index is -1.39. The van der Waals surface area contributed by atoms with Gasteiger partial charge in [0.25, 0.3) is 17.2 Å². The Kier molecular flexibility index (Phi) is 5.63. The second kappa shape index (κ2) is 8.16. The molecule has 9 heteroatoms. The van der Waals surface area contributed by atoms with E-state index in [1.165, 1.54) is 45.2 Å². The van der Waals surface area contributed by atoms with Crippen molar-refractivity contribution in [1.29, 1.82) is 0 Å². The molecule has 30 heavy (non-hydrogen) atoms. The zero-order chi connectivity index (χ0) is 21.9. The standard InChI is InChI=1S/C21H20N4O5/c1-21(2,20(27)22-17-13-15(25(28)29)9-11-18(17)30-3)24-19(26)12-10-16(23-24)14-7-5-4-6-8-14/h4-13H,1-3H3,(H,22,27). The van der Waals surface area contributed by atoms with Gasteiger partial charge in [-0.15, -0.1) is 0 Å². The zero-order valence-electron chi connectivity index (χ0n) is 16.7. The molecule has 1 amide bonds. The van der Waals surface area contributed by atoms with Crippen LogP contribution in [0.1, 0.15) is 13.8 Å². The second-order valence-corrected chi connectivity index (χ2v) is 6.99. The summed E-state index contributed by atoms with van der Waals surface area (Å²) in [6, 6.07) is 16.0. The summed E-state index contributed by atoms with van der Waals surface area (Å²) in [4.78, 5) is 36.0. The van der Waals surface area contributed by atoms with Crippen molar-refractivity contribution in [3.05, 3.63) is 81.1 Å². The Balaban J connectivity index is 1.98. The number of amides is 1. The van der Waals surface area contributed by atoms with Crippen molar-refractivity contribution in [2.75, 3.05) is 12.4 Å². The number of carbonyl (C=O) groups is 1. The highest BCUT2D eigenvalue weighted by Crippen LogP contribution is 2.30. The number of nitro benzene ring substituents is 1. The Morgan fingerprint density at radius 2 is 1.83 bits per heavy atom. The highest BCUT2D eigenvalue weighted by molar-refractivity contribution is 5.97. The van der Waals surface area contributed by atoms with Crippen LogP contribution in [0.2, 0.25) is 0 Å². The molecule has 1 N–H and O–H groups in total. The fraction of sp³-hybridized carbons (Fsp3) is 0.190. The van der Waals surface area contributed by atoms with Gasteiger partial charge in [0.05, 0.1) is 23.4 Å². The van der Waals surface area contributed by atoms with E-state index in [4.69, 9.17) is 4.74 Å². The molecule has 0 fully saturated rings. The van der Waals surface area contributed by atoms with Gasteiger partial charge in [0.15, 0.2) is 0 Å². The van der Waals surface area contributed by atoms with Crippen LogP contribution in [0.15, 0.2) is 65.5 Å². The van der Waals surface area contributed by atoms with Crippen molar-refractivity contribution in [3.8, 4) is 17.0 Å². The molecule has 0 radical (unpaired) electrons. The highest BCUT2D eigenvalue weighted by Gasteiger charge is 2.33. The number of non-ortho nitro benzene ring substituents is 1. The van der Waals surface area contributed by atoms with Gasteiger partial charge in [0, 0.05) is 23.8 Å². The first-order valence-electron chi connectivity index (χ1n) is 9.04. The van der Waals surface area contributed by atoms with Crippen LogP contribution in [0.4, 0.5) is 11.4 Å². The lowest BCUT2D eigenvalue weighted by Crippen LogP contribution is -2.47. The molecule has 0 aliphatic carbocycles. The van der Waals surface area contributed by atoms with Gasteiger partial charge in [-0.1, -0.05) is 30.3 Å². The lowest BCUT2D eigenvalue weighted by atomic mass is 10.0. The molecule has 154 valence electrons. The summed E-state index contributed by atoms with van der Waals surface area (Å²) >= 11 is 0. The number of nitrogens with one attached hydrogen (secondary N) is 1.